The van der Waals surface area contributed by atoms with Crippen molar-refractivity contribution < 1.29 is 5.11 Å². The van der Waals surface area contributed by atoms with Crippen LogP contribution in [0.15, 0.2) is 24.3 Å². The molecule has 1 aromatic carbocycles. The molecule has 1 fully saturated rings. The first-order valence-corrected chi connectivity index (χ1v) is 8.17. The third-order valence-electron chi connectivity index (χ3n) is 5.33. The van der Waals surface area contributed by atoms with Crippen molar-refractivity contribution in [1.82, 2.24) is 4.90 Å². The van der Waals surface area contributed by atoms with Crippen LogP contribution in [0.1, 0.15) is 62.7 Å². The molecule has 1 heterocycles. The van der Waals surface area contributed by atoms with Gasteiger partial charge in [0.15, 0.2) is 0 Å². The Balaban J connectivity index is 1.81. The molecule has 1 N–H and O–H groups in total. The quantitative estimate of drug-likeness (QED) is 0.843. The Morgan fingerprint density at radius 1 is 1.05 bits per heavy atom. The first-order chi connectivity index (χ1) is 9.66. The van der Waals surface area contributed by atoms with Gasteiger partial charge in [-0.3, -0.25) is 4.90 Å². The number of aliphatic hydroxyl groups is 1. The van der Waals surface area contributed by atoms with Gasteiger partial charge in [0.05, 0.1) is 6.10 Å². The van der Waals surface area contributed by atoms with E-state index in [2.05, 4.69) is 43.0 Å². The average Bonchev–Trinajstić information content (AvgIpc) is 2.68. The van der Waals surface area contributed by atoms with Crippen LogP contribution >= 0.6 is 0 Å². The van der Waals surface area contributed by atoms with Crippen molar-refractivity contribution in [1.29, 1.82) is 0 Å². The summed E-state index contributed by atoms with van der Waals surface area (Å²) in [6, 6.07) is 8.76. The Kier molecular flexibility index (Phi) is 4.13. The fraction of sp³-hybridized carbons (Fsp3) is 0.667. The second-order valence-corrected chi connectivity index (χ2v) is 6.85. The predicted molar refractivity (Wildman–Crippen MR) is 82.8 cm³/mol. The molecule has 110 valence electrons. The van der Waals surface area contributed by atoms with E-state index in [4.69, 9.17) is 0 Å². The molecule has 1 aliphatic carbocycles. The summed E-state index contributed by atoms with van der Waals surface area (Å²) in [4.78, 5) is 2.56. The molecule has 20 heavy (non-hydrogen) atoms. The molecule has 1 aliphatic heterocycles. The predicted octanol–water partition coefficient (Wildman–Crippen LogP) is 3.72. The molecule has 1 saturated heterocycles. The highest BCUT2D eigenvalue weighted by Gasteiger charge is 2.35. The van der Waals surface area contributed by atoms with Gasteiger partial charge in [-0.1, -0.05) is 38.1 Å². The zero-order valence-electron chi connectivity index (χ0n) is 12.8. The van der Waals surface area contributed by atoms with Gasteiger partial charge in [-0.15, -0.1) is 0 Å². The summed E-state index contributed by atoms with van der Waals surface area (Å²) >= 11 is 0. The van der Waals surface area contributed by atoms with E-state index in [0.717, 1.165) is 31.0 Å². The monoisotopic (exact) mass is 273 g/mol. The van der Waals surface area contributed by atoms with Gasteiger partial charge in [0.25, 0.3) is 0 Å². The zero-order valence-corrected chi connectivity index (χ0v) is 12.8. The van der Waals surface area contributed by atoms with E-state index in [9.17, 15) is 5.11 Å². The largest absolute Gasteiger partial charge is 0.387 e. The molecule has 0 aromatic heterocycles. The molecule has 4 unspecified atom stereocenters. The second kappa shape index (κ2) is 5.87. The summed E-state index contributed by atoms with van der Waals surface area (Å²) in [5.41, 5.74) is 2.51. The van der Waals surface area contributed by atoms with Crippen LogP contribution in [0.5, 0.6) is 0 Å². The van der Waals surface area contributed by atoms with Gasteiger partial charge in [-0.25, -0.2) is 0 Å². The first-order valence-electron chi connectivity index (χ1n) is 8.17. The molecule has 0 radical (unpaired) electrons. The first kappa shape index (κ1) is 14.1. The minimum absolute atomic E-state index is 0.309. The molecular formula is C18H27NO. The Bertz CT molecular complexity index is 458. The maximum atomic E-state index is 10.8. The molecule has 0 saturated carbocycles. The fourth-order valence-corrected chi connectivity index (χ4v) is 4.02. The lowest BCUT2D eigenvalue weighted by atomic mass is 9.78. The van der Waals surface area contributed by atoms with Crippen LogP contribution in [-0.2, 0) is 0 Å². The van der Waals surface area contributed by atoms with Crippen molar-refractivity contribution in [3.8, 4) is 0 Å². The summed E-state index contributed by atoms with van der Waals surface area (Å²) in [6.07, 6.45) is 4.67. The fourth-order valence-electron chi connectivity index (χ4n) is 4.02. The zero-order chi connectivity index (χ0) is 14.1. The number of rotatable bonds is 1. The topological polar surface area (TPSA) is 23.5 Å². The van der Waals surface area contributed by atoms with E-state index < -0.39 is 0 Å². The van der Waals surface area contributed by atoms with Crippen LogP contribution in [0.25, 0.3) is 0 Å². The Labute approximate surface area is 122 Å². The van der Waals surface area contributed by atoms with Gasteiger partial charge in [0.1, 0.15) is 0 Å². The van der Waals surface area contributed by atoms with E-state index in [0.29, 0.717) is 12.0 Å². The highest BCUT2D eigenvalue weighted by Crippen LogP contribution is 2.40. The number of benzene rings is 1. The average molecular weight is 273 g/mol. The van der Waals surface area contributed by atoms with E-state index in [1.165, 1.54) is 24.8 Å². The van der Waals surface area contributed by atoms with E-state index in [1.807, 2.05) is 0 Å². The number of hydrogen-bond acceptors (Lipinski definition) is 2. The van der Waals surface area contributed by atoms with E-state index >= 15 is 0 Å². The summed E-state index contributed by atoms with van der Waals surface area (Å²) < 4.78 is 0. The number of fused-ring (bicyclic) bond motifs is 1. The van der Waals surface area contributed by atoms with Gasteiger partial charge in [0.2, 0.25) is 0 Å². The lowest BCUT2D eigenvalue weighted by Crippen LogP contribution is -2.43. The van der Waals surface area contributed by atoms with Crippen molar-refractivity contribution in [2.75, 3.05) is 13.1 Å². The standard InChI is InChI=1S/C18H27NO/c1-13-6-5-10-19(11-9-13)17-12-14(2)15-7-3-4-8-16(15)18(17)20/h3-4,7-8,13-14,17-18,20H,5-6,9-12H2,1-2H3. The molecule has 2 heteroatoms. The minimum Gasteiger partial charge on any atom is -0.387 e. The molecule has 0 bridgehead atoms. The van der Waals surface area contributed by atoms with Crippen molar-refractivity contribution in [3.05, 3.63) is 35.4 Å². The van der Waals surface area contributed by atoms with Crippen molar-refractivity contribution in [3.63, 3.8) is 0 Å². The maximum absolute atomic E-state index is 10.8. The van der Waals surface area contributed by atoms with Gasteiger partial charge < -0.3 is 5.11 Å². The van der Waals surface area contributed by atoms with Crippen LogP contribution in [0.3, 0.4) is 0 Å². The van der Waals surface area contributed by atoms with Crippen LogP contribution in [0, 0.1) is 5.92 Å². The highest BCUT2D eigenvalue weighted by molar-refractivity contribution is 5.35. The second-order valence-electron chi connectivity index (χ2n) is 6.85. The number of nitrogens with zero attached hydrogens (tertiary/aromatic N) is 1. The summed E-state index contributed by atoms with van der Waals surface area (Å²) in [5, 5.41) is 10.8. The van der Waals surface area contributed by atoms with E-state index in [1.54, 1.807) is 0 Å². The SMILES string of the molecule is CC1CCCN(C2CC(C)c3ccccc3C2O)CC1. The Morgan fingerprint density at radius 2 is 1.80 bits per heavy atom. The Morgan fingerprint density at radius 3 is 2.60 bits per heavy atom. The van der Waals surface area contributed by atoms with Crippen LogP contribution in [0.4, 0.5) is 0 Å². The molecular weight excluding hydrogens is 246 g/mol. The smallest absolute Gasteiger partial charge is 0.0948 e. The maximum Gasteiger partial charge on any atom is 0.0948 e. The van der Waals surface area contributed by atoms with E-state index in [-0.39, 0.29) is 6.10 Å². The van der Waals surface area contributed by atoms with Crippen molar-refractivity contribution in [2.45, 2.75) is 57.6 Å². The number of likely N-dealkylation sites (tertiary alicyclic amines) is 1. The molecule has 1 aromatic rings. The van der Waals surface area contributed by atoms with Crippen LogP contribution in [0.2, 0.25) is 0 Å². The highest BCUT2D eigenvalue weighted by atomic mass is 16.3. The van der Waals surface area contributed by atoms with Crippen LogP contribution in [-0.4, -0.2) is 29.1 Å². The normalized spacial score (nSPS) is 35.4. The third-order valence-corrected chi connectivity index (χ3v) is 5.33. The molecule has 4 atom stereocenters. The molecule has 0 amide bonds. The summed E-state index contributed by atoms with van der Waals surface area (Å²) in [5.74, 6) is 1.39. The third kappa shape index (κ3) is 2.64. The summed E-state index contributed by atoms with van der Waals surface area (Å²) in [7, 11) is 0. The lowest BCUT2D eigenvalue weighted by molar-refractivity contribution is 0.0323. The molecule has 3 rings (SSSR count). The number of aliphatic hydroxyl groups excluding tert-OH is 1. The van der Waals surface area contributed by atoms with Gasteiger partial charge in [0, 0.05) is 6.04 Å². The summed E-state index contributed by atoms with van der Waals surface area (Å²) in [6.45, 7) is 6.97. The van der Waals surface area contributed by atoms with Crippen molar-refractivity contribution in [2.24, 2.45) is 5.92 Å². The minimum atomic E-state index is -0.309. The number of hydrogen-bond donors (Lipinski definition) is 1. The van der Waals surface area contributed by atoms with Gasteiger partial charge in [-0.2, -0.15) is 0 Å². The Hall–Kier alpha value is -0.860. The molecule has 2 nitrogen and oxygen atoms in total. The van der Waals surface area contributed by atoms with Crippen molar-refractivity contribution >= 4 is 0 Å². The van der Waals surface area contributed by atoms with Gasteiger partial charge >= 0.3 is 0 Å². The van der Waals surface area contributed by atoms with Gasteiger partial charge in [-0.05, 0) is 61.7 Å². The molecule has 2 aliphatic rings. The molecule has 0 spiro atoms. The lowest BCUT2D eigenvalue weighted by Gasteiger charge is -2.40. The van der Waals surface area contributed by atoms with Crippen LogP contribution < -0.4 is 0 Å².